The molecule has 1 aliphatic carbocycles. The van der Waals surface area contributed by atoms with Gasteiger partial charge in [-0.05, 0) is 45.9 Å². The van der Waals surface area contributed by atoms with Crippen LogP contribution in [0, 0.1) is 6.92 Å². The minimum atomic E-state index is -0.246. The van der Waals surface area contributed by atoms with Crippen molar-refractivity contribution >= 4 is 0 Å². The van der Waals surface area contributed by atoms with Crippen molar-refractivity contribution in [1.82, 2.24) is 5.32 Å². The number of rotatable bonds is 3. The third-order valence-electron chi connectivity index (χ3n) is 8.39. The van der Waals surface area contributed by atoms with Crippen molar-refractivity contribution in [3.63, 3.8) is 0 Å². The second-order valence-electron chi connectivity index (χ2n) is 10.2. The molecule has 0 amide bonds. The first-order valence-corrected chi connectivity index (χ1v) is 12.9. The van der Waals surface area contributed by atoms with E-state index < -0.39 is 0 Å². The molecule has 0 saturated carbocycles. The zero-order chi connectivity index (χ0) is 24.1. The summed E-state index contributed by atoms with van der Waals surface area (Å²) in [5.74, 6) is 0.218. The SMILES string of the molecule is Cc1ccc([C@@H]2[C@@H](c3ccccc3)N[C@H](c3ccccc3)C23c2ccccc2-c2ccccc23)cc1. The van der Waals surface area contributed by atoms with E-state index >= 15 is 0 Å². The Morgan fingerprint density at radius 2 is 1.00 bits per heavy atom. The van der Waals surface area contributed by atoms with Gasteiger partial charge in [-0.3, -0.25) is 0 Å². The molecule has 0 aromatic heterocycles. The molecule has 1 fully saturated rings. The minimum absolute atomic E-state index is 0.125. The van der Waals surface area contributed by atoms with Crippen LogP contribution in [0.1, 0.15) is 51.4 Å². The maximum absolute atomic E-state index is 4.20. The van der Waals surface area contributed by atoms with E-state index in [9.17, 15) is 0 Å². The van der Waals surface area contributed by atoms with Gasteiger partial charge in [-0.2, -0.15) is 0 Å². The molecule has 1 saturated heterocycles. The Kier molecular flexibility index (Phi) is 4.94. The monoisotopic (exact) mass is 463 g/mol. The van der Waals surface area contributed by atoms with Gasteiger partial charge in [0.1, 0.15) is 0 Å². The summed E-state index contributed by atoms with van der Waals surface area (Å²) < 4.78 is 0. The van der Waals surface area contributed by atoms with E-state index in [-0.39, 0.29) is 23.4 Å². The molecule has 1 heteroatoms. The maximum Gasteiger partial charge on any atom is 0.0496 e. The van der Waals surface area contributed by atoms with E-state index in [4.69, 9.17) is 0 Å². The van der Waals surface area contributed by atoms with Crippen LogP contribution in [0.15, 0.2) is 133 Å². The largest absolute Gasteiger partial charge is 0.301 e. The predicted molar refractivity (Wildman–Crippen MR) is 148 cm³/mol. The summed E-state index contributed by atoms with van der Waals surface area (Å²) in [6.07, 6.45) is 0. The van der Waals surface area contributed by atoms with Gasteiger partial charge in [0.05, 0.1) is 0 Å². The van der Waals surface area contributed by atoms with E-state index in [1.54, 1.807) is 0 Å². The molecule has 2 aliphatic rings. The summed E-state index contributed by atoms with van der Waals surface area (Å²) in [4.78, 5) is 0. The average molecular weight is 464 g/mol. The smallest absolute Gasteiger partial charge is 0.0496 e. The quantitative estimate of drug-likeness (QED) is 0.285. The summed E-state index contributed by atoms with van der Waals surface area (Å²) in [6, 6.07) is 49.8. The lowest BCUT2D eigenvalue weighted by atomic mass is 9.61. The second-order valence-corrected chi connectivity index (χ2v) is 10.2. The Bertz CT molecular complexity index is 1470. The Hall–Kier alpha value is -3.94. The van der Waals surface area contributed by atoms with Crippen molar-refractivity contribution in [1.29, 1.82) is 0 Å². The Morgan fingerprint density at radius 3 is 1.58 bits per heavy atom. The van der Waals surface area contributed by atoms with Crippen LogP contribution in [0.25, 0.3) is 11.1 Å². The number of hydrogen-bond donors (Lipinski definition) is 1. The molecule has 0 unspecified atom stereocenters. The molecule has 1 aliphatic heterocycles. The van der Waals surface area contributed by atoms with Crippen LogP contribution in [-0.4, -0.2) is 0 Å². The van der Waals surface area contributed by atoms with Gasteiger partial charge < -0.3 is 5.32 Å². The third kappa shape index (κ3) is 3.00. The molecule has 0 bridgehead atoms. The standard InChI is InChI=1S/C35H29N/c1-24-20-22-25(23-21-24)32-33(26-12-4-2-5-13-26)36-34(27-14-6-3-7-15-27)35(32)30-18-10-8-16-28(30)29-17-9-11-19-31(29)35/h2-23,32-34,36H,1H3/t32-,33-,34-/m1/s1. The van der Waals surface area contributed by atoms with E-state index in [1.165, 1.54) is 44.5 Å². The molecule has 1 N–H and O–H groups in total. The molecular formula is C35H29N. The highest BCUT2D eigenvalue weighted by molar-refractivity contribution is 5.83. The van der Waals surface area contributed by atoms with Crippen LogP contribution >= 0.6 is 0 Å². The van der Waals surface area contributed by atoms with Crippen LogP contribution in [0.5, 0.6) is 0 Å². The van der Waals surface area contributed by atoms with Gasteiger partial charge >= 0.3 is 0 Å². The van der Waals surface area contributed by atoms with Crippen LogP contribution in [0.3, 0.4) is 0 Å². The molecule has 5 aromatic carbocycles. The highest BCUT2D eigenvalue weighted by atomic mass is 15.1. The molecule has 1 spiro atoms. The maximum atomic E-state index is 4.20. The summed E-state index contributed by atoms with van der Waals surface area (Å²) in [5, 5.41) is 4.20. The lowest BCUT2D eigenvalue weighted by molar-refractivity contribution is 0.420. The van der Waals surface area contributed by atoms with Gasteiger partial charge in [0.15, 0.2) is 0 Å². The molecule has 174 valence electrons. The van der Waals surface area contributed by atoms with Crippen molar-refractivity contribution < 1.29 is 0 Å². The molecule has 0 radical (unpaired) electrons. The minimum Gasteiger partial charge on any atom is -0.301 e. The molecule has 7 rings (SSSR count). The zero-order valence-electron chi connectivity index (χ0n) is 20.4. The van der Waals surface area contributed by atoms with Crippen molar-refractivity contribution in [2.75, 3.05) is 0 Å². The van der Waals surface area contributed by atoms with Crippen molar-refractivity contribution in [3.05, 3.63) is 167 Å². The Balaban J connectivity index is 1.60. The number of benzene rings is 5. The van der Waals surface area contributed by atoms with Crippen molar-refractivity contribution in [2.24, 2.45) is 0 Å². The molecule has 36 heavy (non-hydrogen) atoms. The van der Waals surface area contributed by atoms with Crippen LogP contribution < -0.4 is 5.32 Å². The van der Waals surface area contributed by atoms with Gasteiger partial charge in [-0.1, -0.05) is 139 Å². The number of nitrogens with one attached hydrogen (secondary N) is 1. The summed E-state index contributed by atoms with van der Waals surface area (Å²) in [6.45, 7) is 2.17. The molecule has 1 heterocycles. The average Bonchev–Trinajstić information content (AvgIpc) is 3.45. The van der Waals surface area contributed by atoms with Crippen LogP contribution in [-0.2, 0) is 5.41 Å². The Labute approximate surface area is 213 Å². The molecular weight excluding hydrogens is 434 g/mol. The van der Waals surface area contributed by atoms with E-state index in [0.29, 0.717) is 0 Å². The van der Waals surface area contributed by atoms with Crippen LogP contribution in [0.4, 0.5) is 0 Å². The van der Waals surface area contributed by atoms with Gasteiger partial charge in [-0.25, -0.2) is 0 Å². The van der Waals surface area contributed by atoms with E-state index in [2.05, 4.69) is 146 Å². The Morgan fingerprint density at radius 1 is 0.500 bits per heavy atom. The summed E-state index contributed by atoms with van der Waals surface area (Å²) in [7, 11) is 0. The summed E-state index contributed by atoms with van der Waals surface area (Å²) in [5.41, 5.74) is 10.7. The van der Waals surface area contributed by atoms with Crippen molar-refractivity contribution in [2.45, 2.75) is 30.3 Å². The normalized spacial score (nSPS) is 21.3. The van der Waals surface area contributed by atoms with Gasteiger partial charge in [0.2, 0.25) is 0 Å². The topological polar surface area (TPSA) is 12.0 Å². The molecule has 5 aromatic rings. The second kappa shape index (κ2) is 8.33. The number of fused-ring (bicyclic) bond motifs is 5. The first-order chi connectivity index (χ1) is 17.8. The third-order valence-corrected chi connectivity index (χ3v) is 8.39. The fourth-order valence-corrected chi connectivity index (χ4v) is 6.98. The summed E-state index contributed by atoms with van der Waals surface area (Å²) >= 11 is 0. The fourth-order valence-electron chi connectivity index (χ4n) is 6.98. The molecule has 1 nitrogen and oxygen atoms in total. The highest BCUT2D eigenvalue weighted by Crippen LogP contribution is 2.67. The van der Waals surface area contributed by atoms with Gasteiger partial charge in [-0.15, -0.1) is 0 Å². The van der Waals surface area contributed by atoms with Crippen LogP contribution in [0.2, 0.25) is 0 Å². The first-order valence-electron chi connectivity index (χ1n) is 12.9. The number of hydrogen-bond acceptors (Lipinski definition) is 1. The lowest BCUT2D eigenvalue weighted by Crippen LogP contribution is -2.36. The highest BCUT2D eigenvalue weighted by Gasteiger charge is 2.61. The van der Waals surface area contributed by atoms with Crippen molar-refractivity contribution in [3.8, 4) is 11.1 Å². The first kappa shape index (κ1) is 21.4. The predicted octanol–water partition coefficient (Wildman–Crippen LogP) is 8.13. The van der Waals surface area contributed by atoms with E-state index in [0.717, 1.165) is 0 Å². The van der Waals surface area contributed by atoms with E-state index in [1.807, 2.05) is 0 Å². The lowest BCUT2D eigenvalue weighted by Gasteiger charge is -2.40. The van der Waals surface area contributed by atoms with Gasteiger partial charge in [0.25, 0.3) is 0 Å². The fraction of sp³-hybridized carbons (Fsp3) is 0.143. The molecule has 3 atom stereocenters. The van der Waals surface area contributed by atoms with Gasteiger partial charge in [0, 0.05) is 23.4 Å². The number of aryl methyl sites for hydroxylation is 1. The zero-order valence-corrected chi connectivity index (χ0v) is 20.4.